The smallest absolute Gasteiger partial charge is 0.249 e. The Labute approximate surface area is 134 Å². The highest BCUT2D eigenvalue weighted by Gasteiger charge is 2.37. The van der Waals surface area contributed by atoms with E-state index < -0.39 is 8.32 Å². The van der Waals surface area contributed by atoms with Gasteiger partial charge in [-0.1, -0.05) is 45.1 Å². The Bertz CT molecular complexity index is 517. The predicted octanol–water partition coefficient (Wildman–Crippen LogP) is 4.96. The molecule has 0 N–H and O–H groups in total. The van der Waals surface area contributed by atoms with E-state index >= 15 is 0 Å². The highest BCUT2D eigenvalue weighted by atomic mass is 32.1. The van der Waals surface area contributed by atoms with Crippen LogP contribution in [-0.4, -0.2) is 19.7 Å². The van der Waals surface area contributed by atoms with E-state index in [0.29, 0.717) is 11.2 Å². The Balaban J connectivity index is 2.25. The van der Waals surface area contributed by atoms with Gasteiger partial charge in [-0.3, -0.25) is 0 Å². The van der Waals surface area contributed by atoms with Gasteiger partial charge in [0, 0.05) is 6.20 Å². The van der Waals surface area contributed by atoms with Gasteiger partial charge in [-0.2, -0.15) is 4.73 Å². The second-order valence-electron chi connectivity index (χ2n) is 6.59. The maximum atomic E-state index is 5.97. The molecule has 0 aliphatic rings. The van der Waals surface area contributed by atoms with Gasteiger partial charge in [0.2, 0.25) is 8.32 Å². The summed E-state index contributed by atoms with van der Waals surface area (Å²) in [6.07, 6.45) is 7.65. The zero-order chi connectivity index (χ0) is 15.9. The van der Waals surface area contributed by atoms with Crippen LogP contribution in [0.15, 0.2) is 36.7 Å². The summed E-state index contributed by atoms with van der Waals surface area (Å²) in [5.74, 6) is 0. The highest BCUT2D eigenvalue weighted by molar-refractivity contribution is 7.71. The van der Waals surface area contributed by atoms with E-state index in [0.717, 1.165) is 12.8 Å². The van der Waals surface area contributed by atoms with Gasteiger partial charge in [-0.05, 0) is 43.1 Å². The lowest BCUT2D eigenvalue weighted by Gasteiger charge is -2.34. The predicted molar refractivity (Wildman–Crippen MR) is 93.4 cm³/mol. The lowest BCUT2D eigenvalue weighted by atomic mass is 10.2. The van der Waals surface area contributed by atoms with E-state index in [-0.39, 0.29) is 5.04 Å². The molecule has 0 aliphatic heterocycles. The normalized spacial score (nSPS) is 12.6. The Morgan fingerprint density at radius 3 is 2.62 bits per heavy atom. The molecule has 118 valence electrons. The number of hydrogen-bond acceptors (Lipinski definition) is 3. The molecule has 0 unspecified atom stereocenters. The molecule has 0 fully saturated rings. The zero-order valence-corrected chi connectivity index (χ0v) is 15.6. The number of unbranched alkanes of at least 4 members (excludes halogenated alkanes) is 1. The van der Waals surface area contributed by atoms with Crippen LogP contribution in [0.4, 0.5) is 0 Å². The molecule has 1 aromatic rings. The summed E-state index contributed by atoms with van der Waals surface area (Å²) < 4.78 is 8.29. The van der Waals surface area contributed by atoms with Crippen LogP contribution in [-0.2, 0) is 4.43 Å². The van der Waals surface area contributed by atoms with Crippen molar-refractivity contribution in [3.8, 4) is 0 Å². The lowest BCUT2D eigenvalue weighted by Crippen LogP contribution is -2.39. The fourth-order valence-corrected chi connectivity index (χ4v) is 2.33. The summed E-state index contributed by atoms with van der Waals surface area (Å²) in [5, 5.41) is 0.240. The van der Waals surface area contributed by atoms with Crippen molar-refractivity contribution in [2.75, 3.05) is 6.61 Å². The van der Waals surface area contributed by atoms with Gasteiger partial charge in [-0.25, -0.2) is 0 Å². The maximum absolute atomic E-state index is 5.97. The molecular formula is C16H27NO2SSi. The molecule has 0 aliphatic carbocycles. The van der Waals surface area contributed by atoms with Crippen LogP contribution < -0.4 is 4.84 Å². The van der Waals surface area contributed by atoms with Gasteiger partial charge < -0.3 is 9.26 Å². The molecule has 0 aromatic carbocycles. The first-order chi connectivity index (χ1) is 9.74. The molecule has 1 aromatic heterocycles. The standard InChI is InChI=1S/C16H27NO2SSi/c1-16(2,3)21(4,5)19-14-10-6-9-13-18-17-12-8-7-11-15(17)20/h7-8,10-12,14H,6,9,13H2,1-5H3/b14-10-. The van der Waals surface area contributed by atoms with Crippen LogP contribution in [0.25, 0.3) is 0 Å². The number of nitrogens with zero attached hydrogens (tertiary/aromatic N) is 1. The second-order valence-corrected chi connectivity index (χ2v) is 11.8. The monoisotopic (exact) mass is 325 g/mol. The molecule has 0 amide bonds. The van der Waals surface area contributed by atoms with Gasteiger partial charge in [0.15, 0.2) is 0 Å². The number of aromatic nitrogens is 1. The van der Waals surface area contributed by atoms with E-state index in [1.807, 2.05) is 30.7 Å². The summed E-state index contributed by atoms with van der Waals surface area (Å²) in [4.78, 5) is 5.58. The highest BCUT2D eigenvalue weighted by Crippen LogP contribution is 2.36. The molecule has 0 radical (unpaired) electrons. The summed E-state index contributed by atoms with van der Waals surface area (Å²) in [6, 6.07) is 5.66. The fourth-order valence-electron chi connectivity index (χ4n) is 1.35. The number of allylic oxidation sites excluding steroid dienone is 1. The summed E-state index contributed by atoms with van der Waals surface area (Å²) >= 11 is 5.16. The minimum absolute atomic E-state index is 0.240. The quantitative estimate of drug-likeness (QED) is 0.306. The molecule has 21 heavy (non-hydrogen) atoms. The van der Waals surface area contributed by atoms with Crippen molar-refractivity contribution in [2.24, 2.45) is 0 Å². The minimum Gasteiger partial charge on any atom is -0.549 e. The molecule has 0 atom stereocenters. The van der Waals surface area contributed by atoms with Crippen molar-refractivity contribution in [2.45, 2.75) is 51.7 Å². The summed E-state index contributed by atoms with van der Waals surface area (Å²) in [6.45, 7) is 11.9. The van der Waals surface area contributed by atoms with Crippen LogP contribution in [0.5, 0.6) is 0 Å². The molecule has 1 rings (SSSR count). The van der Waals surface area contributed by atoms with Crippen molar-refractivity contribution in [3.05, 3.63) is 41.4 Å². The largest absolute Gasteiger partial charge is 0.549 e. The summed E-state index contributed by atoms with van der Waals surface area (Å²) in [5.41, 5.74) is 0. The molecule has 0 saturated heterocycles. The Hall–Kier alpha value is -1.07. The van der Waals surface area contributed by atoms with Crippen LogP contribution in [0.3, 0.4) is 0 Å². The van der Waals surface area contributed by atoms with Crippen LogP contribution >= 0.6 is 12.2 Å². The topological polar surface area (TPSA) is 23.4 Å². The Morgan fingerprint density at radius 1 is 1.29 bits per heavy atom. The first-order valence-electron chi connectivity index (χ1n) is 7.38. The van der Waals surface area contributed by atoms with E-state index in [4.69, 9.17) is 21.5 Å². The maximum Gasteiger partial charge on any atom is 0.249 e. The van der Waals surface area contributed by atoms with E-state index in [1.165, 1.54) is 0 Å². The van der Waals surface area contributed by atoms with Crippen molar-refractivity contribution in [1.82, 2.24) is 4.73 Å². The number of rotatable bonds is 7. The lowest BCUT2D eigenvalue weighted by molar-refractivity contribution is 0.104. The average Bonchev–Trinajstić information content (AvgIpc) is 2.38. The molecule has 0 bridgehead atoms. The minimum atomic E-state index is -1.67. The first kappa shape index (κ1) is 18.0. The zero-order valence-electron chi connectivity index (χ0n) is 13.8. The second kappa shape index (κ2) is 7.80. The van der Waals surface area contributed by atoms with E-state index in [2.05, 4.69) is 39.9 Å². The fraction of sp³-hybridized carbons (Fsp3) is 0.562. The molecule has 5 heteroatoms. The van der Waals surface area contributed by atoms with Gasteiger partial charge in [0.25, 0.3) is 0 Å². The van der Waals surface area contributed by atoms with Gasteiger partial charge in [0.05, 0.1) is 6.26 Å². The third kappa shape index (κ3) is 6.05. The average molecular weight is 326 g/mol. The molecule has 3 nitrogen and oxygen atoms in total. The van der Waals surface area contributed by atoms with Crippen LogP contribution in [0.2, 0.25) is 18.1 Å². The van der Waals surface area contributed by atoms with Crippen molar-refractivity contribution < 1.29 is 9.26 Å². The number of pyridine rings is 1. The van der Waals surface area contributed by atoms with E-state index in [1.54, 1.807) is 4.73 Å². The first-order valence-corrected chi connectivity index (χ1v) is 10.7. The molecule has 0 saturated carbocycles. The summed E-state index contributed by atoms with van der Waals surface area (Å²) in [7, 11) is -1.67. The Kier molecular flexibility index (Phi) is 6.68. The van der Waals surface area contributed by atoms with Gasteiger partial charge in [0.1, 0.15) is 11.2 Å². The van der Waals surface area contributed by atoms with Gasteiger partial charge >= 0.3 is 0 Å². The van der Waals surface area contributed by atoms with Crippen molar-refractivity contribution in [1.29, 1.82) is 0 Å². The third-order valence-electron chi connectivity index (χ3n) is 3.80. The van der Waals surface area contributed by atoms with Gasteiger partial charge in [-0.15, -0.1) is 0 Å². The van der Waals surface area contributed by atoms with Crippen LogP contribution in [0, 0.1) is 4.64 Å². The third-order valence-corrected chi connectivity index (χ3v) is 8.45. The molecular weight excluding hydrogens is 298 g/mol. The Morgan fingerprint density at radius 2 is 2.00 bits per heavy atom. The SMILES string of the molecule is CC(C)(C)[Si](C)(C)O/C=C\CCCOn1ccccc1=S. The molecule has 1 heterocycles. The van der Waals surface area contributed by atoms with Crippen molar-refractivity contribution >= 4 is 20.5 Å². The van der Waals surface area contributed by atoms with Crippen molar-refractivity contribution in [3.63, 3.8) is 0 Å². The van der Waals surface area contributed by atoms with E-state index in [9.17, 15) is 0 Å². The molecule has 0 spiro atoms. The number of hydrogen-bond donors (Lipinski definition) is 0. The van der Waals surface area contributed by atoms with Crippen LogP contribution in [0.1, 0.15) is 33.6 Å².